The summed E-state index contributed by atoms with van der Waals surface area (Å²) < 4.78 is 7.07. The third-order valence-electron chi connectivity index (χ3n) is 2.92. The van der Waals surface area contributed by atoms with E-state index in [0.29, 0.717) is 13.2 Å². The second-order valence-electron chi connectivity index (χ2n) is 4.53. The Balaban J connectivity index is 1.91. The number of rotatable bonds is 7. The molecular weight excluding hydrogens is 268 g/mol. The fraction of sp³-hybridized carbons (Fsp3) is 0.333. The molecular formula is C15H20N4O2. The molecule has 2 N–H and O–H groups in total. The minimum absolute atomic E-state index is 0.0749. The van der Waals surface area contributed by atoms with Gasteiger partial charge >= 0.3 is 0 Å². The van der Waals surface area contributed by atoms with Crippen LogP contribution in [0.3, 0.4) is 0 Å². The van der Waals surface area contributed by atoms with Crippen LogP contribution in [0.1, 0.15) is 12.5 Å². The lowest BCUT2D eigenvalue weighted by Gasteiger charge is -2.07. The van der Waals surface area contributed by atoms with Crippen LogP contribution in [0.5, 0.6) is 5.75 Å². The van der Waals surface area contributed by atoms with Crippen molar-refractivity contribution in [2.75, 3.05) is 19.0 Å². The van der Waals surface area contributed by atoms with E-state index in [1.54, 1.807) is 17.9 Å². The van der Waals surface area contributed by atoms with Gasteiger partial charge in [-0.1, -0.05) is 12.1 Å². The van der Waals surface area contributed by atoms with Crippen LogP contribution in [-0.2, 0) is 17.9 Å². The van der Waals surface area contributed by atoms with E-state index in [1.165, 1.54) is 0 Å². The highest BCUT2D eigenvalue weighted by molar-refractivity contribution is 5.75. The number of ether oxygens (including phenoxy) is 1. The van der Waals surface area contributed by atoms with E-state index < -0.39 is 0 Å². The standard InChI is InChI=1S/C15H20N4O2/c1-3-21-14-6-4-5-12(7-14)8-17-13-9-18-19(10-13)11-15(20)16-2/h4-7,9-10,17H,3,8,11H2,1-2H3,(H,16,20). The molecule has 0 unspecified atom stereocenters. The quantitative estimate of drug-likeness (QED) is 0.812. The van der Waals surface area contributed by atoms with Crippen LogP contribution in [0.4, 0.5) is 5.69 Å². The van der Waals surface area contributed by atoms with Crippen molar-refractivity contribution in [3.05, 3.63) is 42.2 Å². The molecule has 0 saturated carbocycles. The SMILES string of the molecule is CCOc1cccc(CNc2cnn(CC(=O)NC)c2)c1. The van der Waals surface area contributed by atoms with E-state index >= 15 is 0 Å². The van der Waals surface area contributed by atoms with Crippen molar-refractivity contribution in [2.45, 2.75) is 20.0 Å². The molecule has 1 aromatic carbocycles. The summed E-state index contributed by atoms with van der Waals surface area (Å²) in [6, 6.07) is 7.95. The maximum atomic E-state index is 11.3. The van der Waals surface area contributed by atoms with Crippen LogP contribution in [0, 0.1) is 0 Å². The van der Waals surface area contributed by atoms with Crippen molar-refractivity contribution >= 4 is 11.6 Å². The molecule has 1 heterocycles. The number of amides is 1. The van der Waals surface area contributed by atoms with Gasteiger partial charge in [-0.25, -0.2) is 0 Å². The fourth-order valence-corrected chi connectivity index (χ4v) is 1.88. The van der Waals surface area contributed by atoms with E-state index in [9.17, 15) is 4.79 Å². The Morgan fingerprint density at radius 1 is 1.43 bits per heavy atom. The Morgan fingerprint density at radius 3 is 3.05 bits per heavy atom. The van der Waals surface area contributed by atoms with E-state index in [2.05, 4.69) is 15.7 Å². The summed E-state index contributed by atoms with van der Waals surface area (Å²) in [6.07, 6.45) is 3.51. The first-order chi connectivity index (χ1) is 10.2. The number of carbonyl (C=O) groups excluding carboxylic acids is 1. The van der Waals surface area contributed by atoms with Crippen molar-refractivity contribution in [1.29, 1.82) is 0 Å². The van der Waals surface area contributed by atoms with Gasteiger partial charge in [0.2, 0.25) is 5.91 Å². The summed E-state index contributed by atoms with van der Waals surface area (Å²) in [4.78, 5) is 11.3. The molecule has 0 spiro atoms. The Hall–Kier alpha value is -2.50. The van der Waals surface area contributed by atoms with Gasteiger partial charge in [-0.05, 0) is 24.6 Å². The van der Waals surface area contributed by atoms with Crippen molar-refractivity contribution in [3.8, 4) is 5.75 Å². The van der Waals surface area contributed by atoms with Gasteiger partial charge in [0.05, 0.1) is 18.5 Å². The Kier molecular flexibility index (Phi) is 5.20. The predicted molar refractivity (Wildman–Crippen MR) is 81.2 cm³/mol. The molecule has 0 fully saturated rings. The third-order valence-corrected chi connectivity index (χ3v) is 2.92. The number of aromatic nitrogens is 2. The molecule has 0 atom stereocenters. The largest absolute Gasteiger partial charge is 0.494 e. The van der Waals surface area contributed by atoms with Gasteiger partial charge in [0.1, 0.15) is 12.3 Å². The van der Waals surface area contributed by atoms with Gasteiger partial charge in [-0.15, -0.1) is 0 Å². The average molecular weight is 288 g/mol. The Morgan fingerprint density at radius 2 is 2.29 bits per heavy atom. The molecule has 21 heavy (non-hydrogen) atoms. The molecule has 6 heteroatoms. The molecule has 112 valence electrons. The van der Waals surface area contributed by atoms with Crippen LogP contribution in [0.2, 0.25) is 0 Å². The van der Waals surface area contributed by atoms with Gasteiger partial charge in [0.15, 0.2) is 0 Å². The minimum Gasteiger partial charge on any atom is -0.494 e. The van der Waals surface area contributed by atoms with Gasteiger partial charge in [0.25, 0.3) is 0 Å². The number of nitrogens with zero attached hydrogens (tertiary/aromatic N) is 2. The highest BCUT2D eigenvalue weighted by Gasteiger charge is 2.03. The van der Waals surface area contributed by atoms with Crippen molar-refractivity contribution < 1.29 is 9.53 Å². The van der Waals surface area contributed by atoms with Gasteiger partial charge < -0.3 is 15.4 Å². The van der Waals surface area contributed by atoms with E-state index in [-0.39, 0.29) is 12.5 Å². The summed E-state index contributed by atoms with van der Waals surface area (Å²) in [5.74, 6) is 0.793. The zero-order chi connectivity index (χ0) is 15.1. The number of hydrogen-bond donors (Lipinski definition) is 2. The van der Waals surface area contributed by atoms with Crippen LogP contribution in [-0.4, -0.2) is 29.3 Å². The number of hydrogen-bond acceptors (Lipinski definition) is 4. The molecule has 0 aliphatic carbocycles. The van der Waals surface area contributed by atoms with E-state index in [0.717, 1.165) is 17.0 Å². The normalized spacial score (nSPS) is 10.2. The van der Waals surface area contributed by atoms with Crippen molar-refractivity contribution in [1.82, 2.24) is 15.1 Å². The molecule has 0 radical (unpaired) electrons. The smallest absolute Gasteiger partial charge is 0.241 e. The lowest BCUT2D eigenvalue weighted by Crippen LogP contribution is -2.23. The summed E-state index contributed by atoms with van der Waals surface area (Å²) >= 11 is 0. The highest BCUT2D eigenvalue weighted by Crippen LogP contribution is 2.15. The lowest BCUT2D eigenvalue weighted by molar-refractivity contribution is -0.121. The molecule has 0 aliphatic heterocycles. The summed E-state index contributed by atoms with van der Waals surface area (Å²) in [5, 5.41) is 9.97. The van der Waals surface area contributed by atoms with E-state index in [1.807, 2.05) is 37.4 Å². The molecule has 2 rings (SSSR count). The second-order valence-corrected chi connectivity index (χ2v) is 4.53. The van der Waals surface area contributed by atoms with Crippen LogP contribution in [0.25, 0.3) is 0 Å². The summed E-state index contributed by atoms with van der Waals surface area (Å²) in [6.45, 7) is 3.51. The molecule has 6 nitrogen and oxygen atoms in total. The molecule has 2 aromatic rings. The van der Waals surface area contributed by atoms with Crippen molar-refractivity contribution in [3.63, 3.8) is 0 Å². The maximum absolute atomic E-state index is 11.3. The monoisotopic (exact) mass is 288 g/mol. The lowest BCUT2D eigenvalue weighted by atomic mass is 10.2. The minimum atomic E-state index is -0.0749. The fourth-order valence-electron chi connectivity index (χ4n) is 1.88. The highest BCUT2D eigenvalue weighted by atomic mass is 16.5. The van der Waals surface area contributed by atoms with Gasteiger partial charge in [0, 0.05) is 19.8 Å². The zero-order valence-electron chi connectivity index (χ0n) is 12.3. The van der Waals surface area contributed by atoms with Crippen molar-refractivity contribution in [2.24, 2.45) is 0 Å². The predicted octanol–water partition coefficient (Wildman–Crippen LogP) is 1.64. The second kappa shape index (κ2) is 7.33. The van der Waals surface area contributed by atoms with Crippen LogP contribution in [0.15, 0.2) is 36.7 Å². The summed E-state index contributed by atoms with van der Waals surface area (Å²) in [7, 11) is 1.61. The van der Waals surface area contributed by atoms with Crippen LogP contribution < -0.4 is 15.4 Å². The van der Waals surface area contributed by atoms with E-state index in [4.69, 9.17) is 4.74 Å². The summed E-state index contributed by atoms with van der Waals surface area (Å²) in [5.41, 5.74) is 2.00. The Labute approximate surface area is 124 Å². The molecule has 0 saturated heterocycles. The molecule has 0 bridgehead atoms. The third kappa shape index (κ3) is 4.52. The molecule has 0 aliphatic rings. The topological polar surface area (TPSA) is 68.2 Å². The number of likely N-dealkylation sites (N-methyl/N-ethyl adjacent to an activating group) is 1. The first kappa shape index (κ1) is 14.9. The zero-order valence-corrected chi connectivity index (χ0v) is 12.3. The number of benzene rings is 1. The average Bonchev–Trinajstić information content (AvgIpc) is 2.93. The number of anilines is 1. The number of carbonyl (C=O) groups is 1. The first-order valence-electron chi connectivity index (χ1n) is 6.90. The maximum Gasteiger partial charge on any atom is 0.241 e. The Bertz CT molecular complexity index is 595. The van der Waals surface area contributed by atoms with Crippen LogP contribution >= 0.6 is 0 Å². The van der Waals surface area contributed by atoms with Gasteiger partial charge in [-0.3, -0.25) is 9.48 Å². The first-order valence-corrected chi connectivity index (χ1v) is 6.90. The molecule has 1 aromatic heterocycles. The van der Waals surface area contributed by atoms with Gasteiger partial charge in [-0.2, -0.15) is 5.10 Å². The molecule has 1 amide bonds. The number of nitrogens with one attached hydrogen (secondary N) is 2.